The maximum absolute atomic E-state index is 12.3. The molecule has 1 atom stereocenters. The van der Waals surface area contributed by atoms with Gasteiger partial charge in [-0.2, -0.15) is 0 Å². The molecule has 1 aromatic rings. The van der Waals surface area contributed by atoms with Gasteiger partial charge in [0.2, 0.25) is 5.91 Å². The number of ether oxygens (including phenoxy) is 2. The van der Waals surface area contributed by atoms with Gasteiger partial charge < -0.3 is 20.5 Å². The Morgan fingerprint density at radius 3 is 2.52 bits per heavy atom. The van der Waals surface area contributed by atoms with E-state index < -0.39 is 5.54 Å². The van der Waals surface area contributed by atoms with E-state index in [2.05, 4.69) is 19.2 Å². The minimum Gasteiger partial charge on any atom is -0.486 e. The van der Waals surface area contributed by atoms with Gasteiger partial charge in [-0.15, -0.1) is 0 Å². The van der Waals surface area contributed by atoms with Gasteiger partial charge >= 0.3 is 0 Å². The van der Waals surface area contributed by atoms with Gasteiger partial charge in [-0.05, 0) is 31.0 Å². The van der Waals surface area contributed by atoms with Crippen LogP contribution in [0.2, 0.25) is 0 Å². The molecule has 1 heterocycles. The van der Waals surface area contributed by atoms with E-state index in [-0.39, 0.29) is 11.3 Å². The first-order chi connectivity index (χ1) is 10.8. The van der Waals surface area contributed by atoms with Gasteiger partial charge in [0, 0.05) is 12.0 Å². The molecule has 1 unspecified atom stereocenters. The van der Waals surface area contributed by atoms with Crippen molar-refractivity contribution in [3.05, 3.63) is 23.8 Å². The highest BCUT2D eigenvalue weighted by atomic mass is 16.6. The number of fused-ring (bicyclic) bond motifs is 1. The Hall–Kier alpha value is -1.75. The zero-order chi connectivity index (χ0) is 17.1. The quantitative estimate of drug-likeness (QED) is 0.844. The SMILES string of the molecule is CCCC(C)(N)C(=O)NCC(C)(C)c1ccc2c(c1)OCCO2. The molecule has 1 aromatic carbocycles. The Morgan fingerprint density at radius 2 is 1.87 bits per heavy atom. The molecule has 5 heteroatoms. The third-order valence-electron chi connectivity index (χ3n) is 4.30. The van der Waals surface area contributed by atoms with Crippen molar-refractivity contribution in [3.63, 3.8) is 0 Å². The topological polar surface area (TPSA) is 73.6 Å². The normalized spacial score (nSPS) is 16.6. The molecule has 0 aromatic heterocycles. The van der Waals surface area contributed by atoms with Crippen LogP contribution in [-0.2, 0) is 10.2 Å². The van der Waals surface area contributed by atoms with E-state index >= 15 is 0 Å². The van der Waals surface area contributed by atoms with Crippen LogP contribution in [0.3, 0.4) is 0 Å². The van der Waals surface area contributed by atoms with Gasteiger partial charge in [-0.3, -0.25) is 4.79 Å². The number of amides is 1. The van der Waals surface area contributed by atoms with Crippen molar-refractivity contribution in [2.45, 2.75) is 51.5 Å². The van der Waals surface area contributed by atoms with Crippen molar-refractivity contribution in [2.24, 2.45) is 5.73 Å². The van der Waals surface area contributed by atoms with Gasteiger partial charge in [0.25, 0.3) is 0 Å². The van der Waals surface area contributed by atoms with E-state index in [1.54, 1.807) is 6.92 Å². The molecule has 0 fully saturated rings. The summed E-state index contributed by atoms with van der Waals surface area (Å²) in [4.78, 5) is 12.3. The summed E-state index contributed by atoms with van der Waals surface area (Å²) < 4.78 is 11.2. The number of hydrogen-bond donors (Lipinski definition) is 2. The second-order valence-corrected chi connectivity index (χ2v) is 7.09. The van der Waals surface area contributed by atoms with Crippen LogP contribution in [0.5, 0.6) is 11.5 Å². The molecule has 3 N–H and O–H groups in total. The zero-order valence-corrected chi connectivity index (χ0v) is 14.6. The molecule has 0 aliphatic carbocycles. The van der Waals surface area contributed by atoms with Crippen molar-refractivity contribution in [1.82, 2.24) is 5.32 Å². The summed E-state index contributed by atoms with van der Waals surface area (Å²) in [6, 6.07) is 5.94. The molecule has 23 heavy (non-hydrogen) atoms. The van der Waals surface area contributed by atoms with Gasteiger partial charge in [-0.1, -0.05) is 33.3 Å². The average molecular weight is 320 g/mol. The lowest BCUT2D eigenvalue weighted by Crippen LogP contribution is -2.53. The first-order valence-corrected chi connectivity index (χ1v) is 8.23. The first-order valence-electron chi connectivity index (χ1n) is 8.23. The summed E-state index contributed by atoms with van der Waals surface area (Å²) in [6.07, 6.45) is 1.55. The fraction of sp³-hybridized carbons (Fsp3) is 0.611. The van der Waals surface area contributed by atoms with E-state index in [0.717, 1.165) is 23.5 Å². The monoisotopic (exact) mass is 320 g/mol. The predicted molar refractivity (Wildman–Crippen MR) is 91.0 cm³/mol. The Morgan fingerprint density at radius 1 is 1.22 bits per heavy atom. The van der Waals surface area contributed by atoms with Gasteiger partial charge in [0.1, 0.15) is 13.2 Å². The molecule has 0 saturated heterocycles. The largest absolute Gasteiger partial charge is 0.486 e. The minimum absolute atomic E-state index is 0.107. The lowest BCUT2D eigenvalue weighted by molar-refractivity contribution is -0.126. The van der Waals surface area contributed by atoms with Crippen LogP contribution in [-0.4, -0.2) is 31.2 Å². The van der Waals surface area contributed by atoms with Crippen molar-refractivity contribution in [2.75, 3.05) is 19.8 Å². The molecule has 0 saturated carbocycles. The summed E-state index contributed by atoms with van der Waals surface area (Å²) in [5.74, 6) is 1.44. The molecule has 128 valence electrons. The fourth-order valence-electron chi connectivity index (χ4n) is 2.70. The first kappa shape index (κ1) is 17.6. The van der Waals surface area contributed by atoms with E-state index in [1.165, 1.54) is 0 Å². The van der Waals surface area contributed by atoms with Crippen LogP contribution >= 0.6 is 0 Å². The number of hydrogen-bond acceptors (Lipinski definition) is 4. The molecule has 2 rings (SSSR count). The van der Waals surface area contributed by atoms with Gasteiger partial charge in [-0.25, -0.2) is 0 Å². The highest BCUT2D eigenvalue weighted by molar-refractivity contribution is 5.85. The predicted octanol–water partition coefficient (Wildman–Crippen LogP) is 2.37. The van der Waals surface area contributed by atoms with E-state index in [4.69, 9.17) is 15.2 Å². The van der Waals surface area contributed by atoms with Crippen LogP contribution in [0, 0.1) is 0 Å². The Kier molecular flexibility index (Phi) is 5.19. The van der Waals surface area contributed by atoms with E-state index in [0.29, 0.717) is 26.2 Å². The molecule has 0 spiro atoms. The van der Waals surface area contributed by atoms with Crippen molar-refractivity contribution in [3.8, 4) is 11.5 Å². The summed E-state index contributed by atoms with van der Waals surface area (Å²) in [6.45, 7) is 9.65. The summed E-state index contributed by atoms with van der Waals surface area (Å²) in [5.41, 5.74) is 6.12. The summed E-state index contributed by atoms with van der Waals surface area (Å²) >= 11 is 0. The number of nitrogens with one attached hydrogen (secondary N) is 1. The molecule has 0 radical (unpaired) electrons. The van der Waals surface area contributed by atoms with Crippen LogP contribution < -0.4 is 20.5 Å². The minimum atomic E-state index is -0.822. The second kappa shape index (κ2) is 6.79. The summed E-state index contributed by atoms with van der Waals surface area (Å²) in [7, 11) is 0. The second-order valence-electron chi connectivity index (χ2n) is 7.09. The lowest BCUT2D eigenvalue weighted by atomic mass is 9.84. The molecule has 1 aliphatic rings. The highest BCUT2D eigenvalue weighted by Crippen LogP contribution is 2.34. The number of carbonyl (C=O) groups is 1. The Balaban J connectivity index is 2.05. The van der Waals surface area contributed by atoms with Crippen molar-refractivity contribution < 1.29 is 14.3 Å². The Labute approximate surface area is 138 Å². The standard InChI is InChI=1S/C18H28N2O3/c1-5-8-18(4,19)16(21)20-12-17(2,3)13-6-7-14-15(11-13)23-10-9-22-14/h6-7,11H,5,8-10,12,19H2,1-4H3,(H,20,21). The molecule has 1 aliphatic heterocycles. The smallest absolute Gasteiger partial charge is 0.239 e. The highest BCUT2D eigenvalue weighted by Gasteiger charge is 2.30. The van der Waals surface area contributed by atoms with Gasteiger partial charge in [0.15, 0.2) is 11.5 Å². The maximum atomic E-state index is 12.3. The van der Waals surface area contributed by atoms with E-state index in [9.17, 15) is 4.79 Å². The van der Waals surface area contributed by atoms with Crippen LogP contribution in [0.15, 0.2) is 18.2 Å². The van der Waals surface area contributed by atoms with Crippen molar-refractivity contribution >= 4 is 5.91 Å². The van der Waals surface area contributed by atoms with Crippen LogP contribution in [0.25, 0.3) is 0 Å². The molecular formula is C18H28N2O3. The number of carbonyl (C=O) groups excluding carboxylic acids is 1. The molecule has 0 bridgehead atoms. The molecule has 1 amide bonds. The number of nitrogens with two attached hydrogens (primary N) is 1. The number of benzene rings is 1. The van der Waals surface area contributed by atoms with Gasteiger partial charge in [0.05, 0.1) is 5.54 Å². The number of rotatable bonds is 6. The molecular weight excluding hydrogens is 292 g/mol. The third-order valence-corrected chi connectivity index (χ3v) is 4.30. The van der Waals surface area contributed by atoms with Crippen molar-refractivity contribution in [1.29, 1.82) is 0 Å². The lowest BCUT2D eigenvalue weighted by Gasteiger charge is -2.30. The zero-order valence-electron chi connectivity index (χ0n) is 14.6. The summed E-state index contributed by atoms with van der Waals surface area (Å²) in [5, 5.41) is 2.99. The fourth-order valence-corrected chi connectivity index (χ4v) is 2.70. The maximum Gasteiger partial charge on any atom is 0.239 e. The van der Waals surface area contributed by atoms with Crippen LogP contribution in [0.1, 0.15) is 46.1 Å². The van der Waals surface area contributed by atoms with E-state index in [1.807, 2.05) is 25.1 Å². The molecule has 5 nitrogen and oxygen atoms in total. The van der Waals surface area contributed by atoms with Crippen LogP contribution in [0.4, 0.5) is 0 Å². The average Bonchev–Trinajstić information content (AvgIpc) is 2.52. The Bertz CT molecular complexity index is 567. The third kappa shape index (κ3) is 4.16.